The maximum Gasteiger partial charge on any atom is 0.149 e. The first kappa shape index (κ1) is 8.34. The Bertz CT molecular complexity index is 220. The molecule has 0 amide bonds. The normalized spacial score (nSPS) is 17.5. The molecule has 1 heterocycles. The van der Waals surface area contributed by atoms with E-state index in [2.05, 4.69) is 0 Å². The van der Waals surface area contributed by atoms with Gasteiger partial charge in [-0.25, -0.2) is 0 Å². The average Bonchev–Trinajstić information content (AvgIpc) is 2.05. The second-order valence-corrected chi connectivity index (χ2v) is 2.67. The number of halogens is 1. The first-order valence-corrected chi connectivity index (χ1v) is 3.94. The van der Waals surface area contributed by atoms with Gasteiger partial charge >= 0.3 is 0 Å². The Morgan fingerprint density at radius 2 is 2.55 bits per heavy atom. The van der Waals surface area contributed by atoms with Crippen LogP contribution in [0.1, 0.15) is 13.3 Å². The van der Waals surface area contributed by atoms with Gasteiger partial charge in [-0.3, -0.25) is 4.79 Å². The molecule has 0 N–H and O–H groups in total. The predicted octanol–water partition coefficient (Wildman–Crippen LogP) is 1.88. The Labute approximate surface area is 71.1 Å². The van der Waals surface area contributed by atoms with E-state index in [1.807, 2.05) is 24.1 Å². The molecule has 0 aromatic carbocycles. The van der Waals surface area contributed by atoms with Crippen LogP contribution in [-0.4, -0.2) is 17.7 Å². The molecule has 0 saturated heterocycles. The minimum Gasteiger partial charge on any atom is -0.339 e. The van der Waals surface area contributed by atoms with Crippen LogP contribution in [-0.2, 0) is 4.79 Å². The smallest absolute Gasteiger partial charge is 0.149 e. The highest BCUT2D eigenvalue weighted by atomic mass is 35.5. The maximum atomic E-state index is 10.4. The monoisotopic (exact) mass is 171 g/mol. The minimum absolute atomic E-state index is 0.560. The van der Waals surface area contributed by atoms with E-state index in [4.69, 9.17) is 11.6 Å². The summed E-state index contributed by atoms with van der Waals surface area (Å²) in [4.78, 5) is 12.3. The molecule has 0 aromatic rings. The van der Waals surface area contributed by atoms with E-state index in [1.165, 1.54) is 0 Å². The van der Waals surface area contributed by atoms with E-state index in [0.717, 1.165) is 12.8 Å². The van der Waals surface area contributed by atoms with E-state index < -0.39 is 0 Å². The number of allylic oxidation sites excluding steroid dienone is 2. The highest BCUT2D eigenvalue weighted by molar-refractivity contribution is 6.30. The van der Waals surface area contributed by atoms with Gasteiger partial charge in [-0.2, -0.15) is 0 Å². The summed E-state index contributed by atoms with van der Waals surface area (Å²) in [6, 6.07) is 0. The second-order valence-electron chi connectivity index (χ2n) is 2.31. The van der Waals surface area contributed by atoms with Crippen molar-refractivity contribution in [2.24, 2.45) is 0 Å². The standard InChI is InChI=1S/C8H10ClNO/c1-2-10-5-3-4-7(6-11)8(10)9/h3,5-6H,2,4H2,1H3. The molecule has 0 spiro atoms. The van der Waals surface area contributed by atoms with Crippen LogP contribution in [0.25, 0.3) is 0 Å². The number of hydrogen-bond acceptors (Lipinski definition) is 2. The van der Waals surface area contributed by atoms with Gasteiger partial charge in [-0.1, -0.05) is 17.7 Å². The zero-order valence-corrected chi connectivity index (χ0v) is 7.14. The Morgan fingerprint density at radius 1 is 1.82 bits per heavy atom. The van der Waals surface area contributed by atoms with Crippen LogP contribution >= 0.6 is 11.6 Å². The van der Waals surface area contributed by atoms with Crippen molar-refractivity contribution in [3.8, 4) is 0 Å². The van der Waals surface area contributed by atoms with Crippen molar-refractivity contribution in [2.45, 2.75) is 13.3 Å². The molecule has 0 radical (unpaired) electrons. The van der Waals surface area contributed by atoms with Crippen molar-refractivity contribution in [3.05, 3.63) is 23.0 Å². The number of rotatable bonds is 2. The number of aldehydes is 1. The predicted molar refractivity (Wildman–Crippen MR) is 45.1 cm³/mol. The van der Waals surface area contributed by atoms with Crippen LogP contribution in [0.2, 0.25) is 0 Å². The molecule has 0 aliphatic carbocycles. The van der Waals surface area contributed by atoms with E-state index in [1.54, 1.807) is 0 Å². The van der Waals surface area contributed by atoms with Crippen molar-refractivity contribution in [1.82, 2.24) is 4.90 Å². The average molecular weight is 172 g/mol. The molecule has 0 fully saturated rings. The molecule has 0 saturated carbocycles. The highest BCUT2D eigenvalue weighted by Crippen LogP contribution is 2.21. The summed E-state index contributed by atoms with van der Waals surface area (Å²) in [6.45, 7) is 2.78. The molecule has 0 aromatic heterocycles. The summed E-state index contributed by atoms with van der Waals surface area (Å²) < 4.78 is 0. The summed E-state index contributed by atoms with van der Waals surface area (Å²) in [7, 11) is 0. The van der Waals surface area contributed by atoms with Gasteiger partial charge in [0.2, 0.25) is 0 Å². The van der Waals surface area contributed by atoms with Crippen LogP contribution in [0.5, 0.6) is 0 Å². The largest absolute Gasteiger partial charge is 0.339 e. The van der Waals surface area contributed by atoms with Gasteiger partial charge in [0.25, 0.3) is 0 Å². The number of carbonyl (C=O) groups is 1. The van der Waals surface area contributed by atoms with Crippen LogP contribution in [0.15, 0.2) is 23.0 Å². The fourth-order valence-electron chi connectivity index (χ4n) is 0.982. The Morgan fingerprint density at radius 3 is 3.09 bits per heavy atom. The molecular weight excluding hydrogens is 162 g/mol. The van der Waals surface area contributed by atoms with Gasteiger partial charge in [0.1, 0.15) is 11.4 Å². The zero-order chi connectivity index (χ0) is 8.27. The number of carbonyl (C=O) groups excluding carboxylic acids is 1. The molecule has 3 heteroatoms. The van der Waals surface area contributed by atoms with Crippen molar-refractivity contribution < 1.29 is 4.79 Å². The molecule has 0 bridgehead atoms. The van der Waals surface area contributed by atoms with Crippen LogP contribution < -0.4 is 0 Å². The first-order chi connectivity index (χ1) is 5.29. The van der Waals surface area contributed by atoms with E-state index >= 15 is 0 Å². The van der Waals surface area contributed by atoms with Crippen LogP contribution in [0.3, 0.4) is 0 Å². The second kappa shape index (κ2) is 3.58. The molecule has 1 aliphatic rings. The summed E-state index contributed by atoms with van der Waals surface area (Å²) >= 11 is 5.87. The van der Waals surface area contributed by atoms with Crippen LogP contribution in [0.4, 0.5) is 0 Å². The third kappa shape index (κ3) is 1.63. The van der Waals surface area contributed by atoms with Crippen molar-refractivity contribution in [3.63, 3.8) is 0 Å². The van der Waals surface area contributed by atoms with Crippen LogP contribution in [0, 0.1) is 0 Å². The molecule has 11 heavy (non-hydrogen) atoms. The topological polar surface area (TPSA) is 20.3 Å². The van der Waals surface area contributed by atoms with Crippen molar-refractivity contribution >= 4 is 17.9 Å². The van der Waals surface area contributed by atoms with Crippen molar-refractivity contribution in [1.29, 1.82) is 0 Å². The highest BCUT2D eigenvalue weighted by Gasteiger charge is 2.11. The zero-order valence-electron chi connectivity index (χ0n) is 6.38. The van der Waals surface area contributed by atoms with Gasteiger partial charge in [0.15, 0.2) is 0 Å². The van der Waals surface area contributed by atoms with Gasteiger partial charge in [-0.05, 0) is 13.3 Å². The molecule has 2 nitrogen and oxygen atoms in total. The summed E-state index contributed by atoms with van der Waals surface area (Å²) in [5.74, 6) is 0. The quantitative estimate of drug-likeness (QED) is 0.467. The van der Waals surface area contributed by atoms with Gasteiger partial charge in [-0.15, -0.1) is 0 Å². The molecule has 0 unspecified atom stereocenters. The SMILES string of the molecule is CCN1C=CCC(C=O)=C1Cl. The van der Waals surface area contributed by atoms with E-state index in [9.17, 15) is 4.79 Å². The third-order valence-corrected chi connectivity index (χ3v) is 2.08. The summed E-state index contributed by atoms with van der Waals surface area (Å²) in [5.41, 5.74) is 0.663. The Hall–Kier alpha value is -0.760. The number of hydrogen-bond donors (Lipinski definition) is 0. The van der Waals surface area contributed by atoms with E-state index in [0.29, 0.717) is 17.2 Å². The molecule has 1 rings (SSSR count). The lowest BCUT2D eigenvalue weighted by atomic mass is 10.2. The van der Waals surface area contributed by atoms with Gasteiger partial charge in [0, 0.05) is 18.3 Å². The van der Waals surface area contributed by atoms with E-state index in [-0.39, 0.29) is 0 Å². The third-order valence-electron chi connectivity index (χ3n) is 1.62. The molecule has 60 valence electrons. The fraction of sp³-hybridized carbons (Fsp3) is 0.375. The Kier molecular flexibility index (Phi) is 2.71. The lowest BCUT2D eigenvalue weighted by Crippen LogP contribution is -2.17. The van der Waals surface area contributed by atoms with Gasteiger partial charge in [0.05, 0.1) is 0 Å². The van der Waals surface area contributed by atoms with Gasteiger partial charge < -0.3 is 4.90 Å². The summed E-state index contributed by atoms with van der Waals surface area (Å²) in [6.07, 6.45) is 5.29. The minimum atomic E-state index is 0.560. The fourth-order valence-corrected chi connectivity index (χ4v) is 1.28. The number of nitrogens with zero attached hydrogens (tertiary/aromatic N) is 1. The maximum absolute atomic E-state index is 10.4. The molecule has 0 atom stereocenters. The first-order valence-electron chi connectivity index (χ1n) is 3.56. The van der Waals surface area contributed by atoms with Crippen molar-refractivity contribution in [2.75, 3.05) is 6.54 Å². The Balaban J connectivity index is 2.84. The molecule has 1 aliphatic heterocycles. The lowest BCUT2D eigenvalue weighted by molar-refractivity contribution is -0.105. The lowest BCUT2D eigenvalue weighted by Gasteiger charge is -2.21. The molecular formula is C8H10ClNO. The summed E-state index contributed by atoms with van der Waals surface area (Å²) in [5, 5.41) is 0.560.